The summed E-state index contributed by atoms with van der Waals surface area (Å²) in [5, 5.41) is 3.39. The van der Waals surface area contributed by atoms with Gasteiger partial charge in [-0.2, -0.15) is 0 Å². The molecule has 2 N–H and O–H groups in total. The third kappa shape index (κ3) is 7.60. The van der Waals surface area contributed by atoms with Crippen molar-refractivity contribution in [3.05, 3.63) is 42.4 Å². The smallest absolute Gasteiger partial charge is 0.193 e. The van der Waals surface area contributed by atoms with E-state index in [0.29, 0.717) is 12.5 Å². The van der Waals surface area contributed by atoms with Gasteiger partial charge in [0.05, 0.1) is 31.6 Å². The second kappa shape index (κ2) is 12.8. The van der Waals surface area contributed by atoms with Crippen LogP contribution in [-0.4, -0.2) is 67.9 Å². The van der Waals surface area contributed by atoms with E-state index in [1.54, 1.807) is 7.05 Å². The maximum absolute atomic E-state index is 5.75. The first-order chi connectivity index (χ1) is 13.8. The first kappa shape index (κ1) is 23.6. The lowest BCUT2D eigenvalue weighted by molar-refractivity contribution is 0.0887. The Bertz CT molecular complexity index is 732. The topological polar surface area (TPSA) is 74.8 Å². The highest BCUT2D eigenvalue weighted by Crippen LogP contribution is 2.16. The van der Waals surface area contributed by atoms with Crippen LogP contribution in [0.4, 0.5) is 0 Å². The lowest BCUT2D eigenvalue weighted by Crippen LogP contribution is -2.39. The van der Waals surface area contributed by atoms with Crippen LogP contribution in [0.5, 0.6) is 0 Å². The predicted octanol–water partition coefficient (Wildman–Crippen LogP) is 3.15. The molecule has 1 saturated heterocycles. The van der Waals surface area contributed by atoms with Crippen molar-refractivity contribution in [3.63, 3.8) is 0 Å². The number of aromatic amines is 1. The van der Waals surface area contributed by atoms with Crippen LogP contribution >= 0.6 is 24.0 Å². The van der Waals surface area contributed by atoms with Crippen molar-refractivity contribution >= 4 is 29.9 Å². The molecule has 0 saturated carbocycles. The summed E-state index contributed by atoms with van der Waals surface area (Å²) >= 11 is 0. The zero-order chi connectivity index (χ0) is 19.6. The van der Waals surface area contributed by atoms with E-state index in [0.717, 1.165) is 68.9 Å². The standard InChI is InChI=1S/C21H31N5O2.HI/c1-22-21(23-10-6-11-27-15-17-9-12-28-16-17)26(2)14-20-24-13-19(25-20)18-7-4-3-5-8-18;/h3-5,7-8,13,17H,6,9-12,14-16H2,1-2H3,(H,22,23)(H,24,25);1H. The molecule has 3 rings (SSSR count). The molecule has 8 heteroatoms. The molecule has 29 heavy (non-hydrogen) atoms. The first-order valence-corrected chi connectivity index (χ1v) is 9.93. The predicted molar refractivity (Wildman–Crippen MR) is 127 cm³/mol. The highest BCUT2D eigenvalue weighted by Gasteiger charge is 2.15. The van der Waals surface area contributed by atoms with Gasteiger partial charge in [-0.25, -0.2) is 4.98 Å². The third-order valence-corrected chi connectivity index (χ3v) is 4.80. The van der Waals surface area contributed by atoms with Crippen molar-refractivity contribution in [1.29, 1.82) is 0 Å². The molecule has 1 atom stereocenters. The number of nitrogens with zero attached hydrogens (tertiary/aromatic N) is 3. The van der Waals surface area contributed by atoms with Crippen molar-refractivity contribution in [2.45, 2.75) is 19.4 Å². The molecule has 0 aliphatic carbocycles. The van der Waals surface area contributed by atoms with Crippen LogP contribution in [0.1, 0.15) is 18.7 Å². The van der Waals surface area contributed by atoms with Crippen LogP contribution in [0.2, 0.25) is 0 Å². The van der Waals surface area contributed by atoms with E-state index in [1.807, 2.05) is 31.4 Å². The number of guanidine groups is 1. The van der Waals surface area contributed by atoms with Crippen molar-refractivity contribution in [1.82, 2.24) is 20.2 Å². The number of imidazole rings is 1. The minimum absolute atomic E-state index is 0. The maximum Gasteiger partial charge on any atom is 0.193 e. The Morgan fingerprint density at radius 3 is 2.93 bits per heavy atom. The molecule has 0 amide bonds. The molecular weight excluding hydrogens is 481 g/mol. The molecule has 0 bridgehead atoms. The Kier molecular flexibility index (Phi) is 10.4. The molecule has 1 fully saturated rings. The number of nitrogens with one attached hydrogen (secondary N) is 2. The first-order valence-electron chi connectivity index (χ1n) is 9.93. The highest BCUT2D eigenvalue weighted by molar-refractivity contribution is 14.0. The summed E-state index contributed by atoms with van der Waals surface area (Å²) in [5.74, 6) is 2.33. The van der Waals surface area contributed by atoms with Crippen LogP contribution in [0, 0.1) is 5.92 Å². The van der Waals surface area contributed by atoms with Gasteiger partial charge in [-0.3, -0.25) is 4.99 Å². The van der Waals surface area contributed by atoms with Gasteiger partial charge >= 0.3 is 0 Å². The van der Waals surface area contributed by atoms with E-state index >= 15 is 0 Å². The summed E-state index contributed by atoms with van der Waals surface area (Å²) in [6.45, 7) is 4.76. The zero-order valence-electron chi connectivity index (χ0n) is 17.3. The fraction of sp³-hybridized carbons (Fsp3) is 0.524. The monoisotopic (exact) mass is 513 g/mol. The van der Waals surface area contributed by atoms with Gasteiger partial charge in [-0.1, -0.05) is 30.3 Å². The van der Waals surface area contributed by atoms with Gasteiger partial charge in [0.1, 0.15) is 5.82 Å². The number of ether oxygens (including phenoxy) is 2. The normalized spacial score (nSPS) is 16.5. The Hall–Kier alpha value is -1.65. The summed E-state index contributed by atoms with van der Waals surface area (Å²) in [5.41, 5.74) is 2.16. The number of benzene rings is 1. The van der Waals surface area contributed by atoms with Crippen LogP contribution in [0.15, 0.2) is 41.5 Å². The van der Waals surface area contributed by atoms with E-state index in [4.69, 9.17) is 9.47 Å². The van der Waals surface area contributed by atoms with Crippen molar-refractivity contribution in [3.8, 4) is 11.3 Å². The Morgan fingerprint density at radius 2 is 2.21 bits per heavy atom. The average molecular weight is 513 g/mol. The number of aliphatic imine (C=N–C) groups is 1. The minimum Gasteiger partial charge on any atom is -0.381 e. The highest BCUT2D eigenvalue weighted by atomic mass is 127. The molecule has 0 radical (unpaired) electrons. The molecule has 0 spiro atoms. The van der Waals surface area contributed by atoms with Crippen LogP contribution in [0.3, 0.4) is 0 Å². The Labute approximate surface area is 190 Å². The van der Waals surface area contributed by atoms with Crippen molar-refractivity contribution < 1.29 is 9.47 Å². The molecule has 160 valence electrons. The molecule has 1 unspecified atom stereocenters. The fourth-order valence-electron chi connectivity index (χ4n) is 3.23. The number of hydrogen-bond acceptors (Lipinski definition) is 4. The average Bonchev–Trinajstić information content (AvgIpc) is 3.40. The van der Waals surface area contributed by atoms with Crippen LogP contribution in [-0.2, 0) is 16.0 Å². The van der Waals surface area contributed by atoms with E-state index in [2.05, 4.69) is 37.3 Å². The van der Waals surface area contributed by atoms with E-state index in [1.165, 1.54) is 0 Å². The van der Waals surface area contributed by atoms with E-state index in [9.17, 15) is 0 Å². The SMILES string of the molecule is CN=C(NCCCOCC1CCOC1)N(C)Cc1ncc(-c2ccccc2)[nH]1.I. The summed E-state index contributed by atoms with van der Waals surface area (Å²) in [6, 6.07) is 10.2. The molecule has 1 aliphatic heterocycles. The second-order valence-corrected chi connectivity index (χ2v) is 7.10. The number of rotatable bonds is 9. The fourth-order valence-corrected chi connectivity index (χ4v) is 3.23. The number of halogens is 1. The lowest BCUT2D eigenvalue weighted by atomic mass is 10.1. The zero-order valence-corrected chi connectivity index (χ0v) is 19.6. The largest absolute Gasteiger partial charge is 0.381 e. The third-order valence-electron chi connectivity index (χ3n) is 4.80. The number of aromatic nitrogens is 2. The second-order valence-electron chi connectivity index (χ2n) is 7.10. The van der Waals surface area contributed by atoms with E-state index in [-0.39, 0.29) is 24.0 Å². The summed E-state index contributed by atoms with van der Waals surface area (Å²) < 4.78 is 11.1. The van der Waals surface area contributed by atoms with Gasteiger partial charge in [0.25, 0.3) is 0 Å². The maximum atomic E-state index is 5.75. The van der Waals surface area contributed by atoms with Crippen molar-refractivity contribution in [2.75, 3.05) is 47.1 Å². The minimum atomic E-state index is 0. The summed E-state index contributed by atoms with van der Waals surface area (Å²) in [7, 11) is 3.81. The van der Waals surface area contributed by atoms with E-state index < -0.39 is 0 Å². The Balaban J connectivity index is 0.00000300. The van der Waals surface area contributed by atoms with Gasteiger partial charge in [0, 0.05) is 39.8 Å². The molecular formula is C21H32IN5O2. The number of hydrogen-bond donors (Lipinski definition) is 2. The molecule has 1 aliphatic rings. The van der Waals surface area contributed by atoms with Gasteiger partial charge in [-0.05, 0) is 18.4 Å². The molecule has 1 aromatic heterocycles. The van der Waals surface area contributed by atoms with Crippen LogP contribution in [0.25, 0.3) is 11.3 Å². The van der Waals surface area contributed by atoms with Crippen LogP contribution < -0.4 is 5.32 Å². The Morgan fingerprint density at radius 1 is 1.38 bits per heavy atom. The van der Waals surface area contributed by atoms with Crippen molar-refractivity contribution in [2.24, 2.45) is 10.9 Å². The quantitative estimate of drug-likeness (QED) is 0.233. The molecule has 2 heterocycles. The lowest BCUT2D eigenvalue weighted by Gasteiger charge is -2.21. The molecule has 7 nitrogen and oxygen atoms in total. The van der Waals surface area contributed by atoms with Gasteiger partial charge in [0.15, 0.2) is 5.96 Å². The van der Waals surface area contributed by atoms with Gasteiger partial charge in [0.2, 0.25) is 0 Å². The summed E-state index contributed by atoms with van der Waals surface area (Å²) in [4.78, 5) is 14.3. The number of H-pyrrole nitrogens is 1. The molecule has 1 aromatic carbocycles. The van der Waals surface area contributed by atoms with Gasteiger partial charge in [-0.15, -0.1) is 24.0 Å². The molecule has 2 aromatic rings. The summed E-state index contributed by atoms with van der Waals surface area (Å²) in [6.07, 6.45) is 3.94. The van der Waals surface area contributed by atoms with Gasteiger partial charge < -0.3 is 24.7 Å².